The lowest BCUT2D eigenvalue weighted by Crippen LogP contribution is -2.23. The van der Waals surface area contributed by atoms with E-state index in [9.17, 15) is 19.7 Å². The van der Waals surface area contributed by atoms with E-state index in [1.54, 1.807) is 38.4 Å². The molecule has 0 atom stereocenters. The minimum absolute atomic E-state index is 0.0905. The topological polar surface area (TPSA) is 102 Å². The molecule has 0 spiro atoms. The Morgan fingerprint density at radius 1 is 1.12 bits per heavy atom. The summed E-state index contributed by atoms with van der Waals surface area (Å²) in [4.78, 5) is 36.0. The van der Waals surface area contributed by atoms with Crippen LogP contribution in [0.5, 0.6) is 5.75 Å². The molecule has 2 aromatic carbocycles. The molecule has 2 aromatic rings. The Balaban J connectivity index is 2.06. The van der Waals surface area contributed by atoms with E-state index >= 15 is 0 Å². The van der Waals surface area contributed by atoms with Gasteiger partial charge in [-0.1, -0.05) is 12.1 Å². The maximum absolute atomic E-state index is 12.2. The molecule has 136 valence electrons. The number of nitrogens with one attached hydrogen (secondary N) is 1. The average Bonchev–Trinajstić information content (AvgIpc) is 2.65. The molecule has 2 rings (SSSR count). The highest BCUT2D eigenvalue weighted by Gasteiger charge is 2.18. The van der Waals surface area contributed by atoms with Crippen molar-refractivity contribution in [3.8, 4) is 5.75 Å². The summed E-state index contributed by atoms with van der Waals surface area (Å²) in [6.45, 7) is 0.231. The first-order valence-electron chi connectivity index (χ1n) is 7.74. The summed E-state index contributed by atoms with van der Waals surface area (Å²) in [6.07, 6.45) is 0. The van der Waals surface area contributed by atoms with Crippen molar-refractivity contribution in [1.82, 2.24) is 10.2 Å². The number of rotatable bonds is 6. The van der Waals surface area contributed by atoms with Gasteiger partial charge in [-0.05, 0) is 29.8 Å². The maximum atomic E-state index is 12.2. The first kappa shape index (κ1) is 18.9. The van der Waals surface area contributed by atoms with Gasteiger partial charge in [0.05, 0.1) is 12.0 Å². The third-order valence-corrected chi connectivity index (χ3v) is 3.70. The number of ether oxygens (including phenoxy) is 1. The Morgan fingerprint density at radius 2 is 1.73 bits per heavy atom. The quantitative estimate of drug-likeness (QED) is 0.631. The molecule has 0 aliphatic heterocycles. The van der Waals surface area contributed by atoms with E-state index in [0.29, 0.717) is 5.56 Å². The molecule has 0 saturated heterocycles. The second-order valence-electron chi connectivity index (χ2n) is 5.72. The molecular formula is C18H19N3O5. The van der Waals surface area contributed by atoms with Gasteiger partial charge in [-0.3, -0.25) is 19.7 Å². The van der Waals surface area contributed by atoms with Crippen molar-refractivity contribution in [3.05, 3.63) is 69.3 Å². The van der Waals surface area contributed by atoms with Gasteiger partial charge in [-0.2, -0.15) is 0 Å². The van der Waals surface area contributed by atoms with Crippen LogP contribution in [0.25, 0.3) is 0 Å². The summed E-state index contributed by atoms with van der Waals surface area (Å²) < 4.78 is 4.91. The number of nitrogens with zero attached hydrogens (tertiary/aromatic N) is 2. The smallest absolute Gasteiger partial charge is 0.311 e. The number of hydrogen-bond donors (Lipinski definition) is 1. The normalized spacial score (nSPS) is 10.1. The van der Waals surface area contributed by atoms with E-state index < -0.39 is 10.8 Å². The molecular weight excluding hydrogens is 338 g/mol. The van der Waals surface area contributed by atoms with Crippen LogP contribution < -0.4 is 10.1 Å². The van der Waals surface area contributed by atoms with Crippen molar-refractivity contribution in [2.45, 2.75) is 6.54 Å². The molecule has 0 aromatic heterocycles. The molecule has 0 bridgehead atoms. The number of carbonyl (C=O) groups is 2. The Kier molecular flexibility index (Phi) is 5.90. The maximum Gasteiger partial charge on any atom is 0.311 e. The summed E-state index contributed by atoms with van der Waals surface area (Å²) in [5.74, 6) is -0.456. The molecule has 0 saturated carbocycles. The molecule has 0 fully saturated rings. The standard InChI is InChI=1S/C18H19N3O5/c1-20(2)18(23)13-6-4-12(5-7-13)11-19-17(22)14-8-9-16(26-3)15(10-14)21(24)25/h4-10H,11H2,1-3H3,(H,19,22). The monoisotopic (exact) mass is 357 g/mol. The Labute approximate surface area is 150 Å². The van der Waals surface area contributed by atoms with Crippen LogP contribution in [-0.2, 0) is 6.54 Å². The SMILES string of the molecule is COc1ccc(C(=O)NCc2ccc(C(=O)N(C)C)cc2)cc1[N+](=O)[O-]. The number of benzene rings is 2. The van der Waals surface area contributed by atoms with Crippen molar-refractivity contribution in [2.24, 2.45) is 0 Å². The summed E-state index contributed by atoms with van der Waals surface area (Å²) in [7, 11) is 4.67. The van der Waals surface area contributed by atoms with Crippen LogP contribution in [0.1, 0.15) is 26.3 Å². The van der Waals surface area contributed by atoms with Crippen molar-refractivity contribution in [3.63, 3.8) is 0 Å². The zero-order valence-electron chi connectivity index (χ0n) is 14.7. The molecule has 2 amide bonds. The summed E-state index contributed by atoms with van der Waals surface area (Å²) in [5.41, 5.74) is 1.25. The van der Waals surface area contributed by atoms with Gasteiger partial charge in [0.25, 0.3) is 11.8 Å². The minimum Gasteiger partial charge on any atom is -0.490 e. The number of nitro benzene ring substituents is 1. The van der Waals surface area contributed by atoms with Gasteiger partial charge in [0.2, 0.25) is 0 Å². The van der Waals surface area contributed by atoms with Crippen molar-refractivity contribution in [1.29, 1.82) is 0 Å². The third kappa shape index (κ3) is 4.35. The highest BCUT2D eigenvalue weighted by Crippen LogP contribution is 2.27. The molecule has 0 unspecified atom stereocenters. The van der Waals surface area contributed by atoms with Crippen LogP contribution in [0.15, 0.2) is 42.5 Å². The number of carbonyl (C=O) groups excluding carboxylic acids is 2. The molecule has 0 aliphatic rings. The second-order valence-corrected chi connectivity index (χ2v) is 5.72. The van der Waals surface area contributed by atoms with Crippen LogP contribution in [0.2, 0.25) is 0 Å². The summed E-state index contributed by atoms with van der Waals surface area (Å²) in [6, 6.07) is 10.9. The van der Waals surface area contributed by atoms with Gasteiger partial charge in [0.1, 0.15) is 0 Å². The highest BCUT2D eigenvalue weighted by molar-refractivity contribution is 5.95. The molecule has 26 heavy (non-hydrogen) atoms. The Bertz CT molecular complexity index is 831. The second kappa shape index (κ2) is 8.11. The molecule has 8 heteroatoms. The first-order valence-corrected chi connectivity index (χ1v) is 7.74. The highest BCUT2D eigenvalue weighted by atomic mass is 16.6. The zero-order chi connectivity index (χ0) is 19.3. The molecule has 1 N–H and O–H groups in total. The number of hydrogen-bond acceptors (Lipinski definition) is 5. The fourth-order valence-electron chi connectivity index (χ4n) is 2.28. The fourth-order valence-corrected chi connectivity index (χ4v) is 2.28. The van der Waals surface area contributed by atoms with E-state index in [2.05, 4.69) is 5.32 Å². The first-order chi connectivity index (χ1) is 12.3. The number of amides is 2. The van der Waals surface area contributed by atoms with Crippen LogP contribution in [0.3, 0.4) is 0 Å². The van der Waals surface area contributed by atoms with Crippen LogP contribution in [-0.4, -0.2) is 42.8 Å². The zero-order valence-corrected chi connectivity index (χ0v) is 14.7. The van der Waals surface area contributed by atoms with Gasteiger partial charge in [0, 0.05) is 37.8 Å². The number of nitro groups is 1. The fraction of sp³-hybridized carbons (Fsp3) is 0.222. The van der Waals surface area contributed by atoms with Crippen molar-refractivity contribution < 1.29 is 19.2 Å². The van der Waals surface area contributed by atoms with Gasteiger partial charge >= 0.3 is 5.69 Å². The third-order valence-electron chi connectivity index (χ3n) is 3.70. The van der Waals surface area contributed by atoms with Gasteiger partial charge < -0.3 is 15.0 Å². The van der Waals surface area contributed by atoms with Gasteiger partial charge in [-0.15, -0.1) is 0 Å². The van der Waals surface area contributed by atoms with Gasteiger partial charge in [0.15, 0.2) is 5.75 Å². The average molecular weight is 357 g/mol. The minimum atomic E-state index is -0.601. The molecule has 0 heterocycles. The molecule has 8 nitrogen and oxygen atoms in total. The van der Waals surface area contributed by atoms with Gasteiger partial charge in [-0.25, -0.2) is 0 Å². The number of methoxy groups -OCH3 is 1. The largest absolute Gasteiger partial charge is 0.490 e. The lowest BCUT2D eigenvalue weighted by molar-refractivity contribution is -0.385. The predicted molar refractivity (Wildman–Crippen MR) is 95.3 cm³/mol. The lowest BCUT2D eigenvalue weighted by atomic mass is 10.1. The Morgan fingerprint density at radius 3 is 2.27 bits per heavy atom. The predicted octanol–water partition coefficient (Wildman–Crippen LogP) is 2.24. The van der Waals surface area contributed by atoms with Crippen LogP contribution in [0.4, 0.5) is 5.69 Å². The van der Waals surface area contributed by atoms with Crippen molar-refractivity contribution >= 4 is 17.5 Å². The van der Waals surface area contributed by atoms with E-state index in [1.807, 2.05) is 0 Å². The lowest BCUT2D eigenvalue weighted by Gasteiger charge is -2.11. The summed E-state index contributed by atoms with van der Waals surface area (Å²) >= 11 is 0. The van der Waals surface area contributed by atoms with E-state index in [1.165, 1.54) is 30.2 Å². The Hall–Kier alpha value is -3.42. The van der Waals surface area contributed by atoms with Crippen LogP contribution in [0, 0.1) is 10.1 Å². The van der Waals surface area contributed by atoms with Crippen LogP contribution >= 0.6 is 0 Å². The van der Waals surface area contributed by atoms with E-state index in [4.69, 9.17) is 4.74 Å². The molecule has 0 aliphatic carbocycles. The summed E-state index contributed by atoms with van der Waals surface area (Å²) in [5, 5.41) is 13.7. The molecule has 0 radical (unpaired) electrons. The van der Waals surface area contributed by atoms with E-state index in [-0.39, 0.29) is 29.5 Å². The van der Waals surface area contributed by atoms with E-state index in [0.717, 1.165) is 5.56 Å². The van der Waals surface area contributed by atoms with Crippen molar-refractivity contribution in [2.75, 3.05) is 21.2 Å².